The first kappa shape index (κ1) is 23.8. The minimum absolute atomic E-state index is 0. The van der Waals surface area contributed by atoms with Gasteiger partial charge in [-0.05, 0) is 33.2 Å². The van der Waals surface area contributed by atoms with E-state index in [0.29, 0.717) is 0 Å². The van der Waals surface area contributed by atoms with E-state index in [-0.39, 0.29) is 23.3 Å². The van der Waals surface area contributed by atoms with E-state index in [2.05, 4.69) is 19.2 Å². The maximum Gasteiger partial charge on any atom is 0.0879 e. The number of halogens is 2. The van der Waals surface area contributed by atoms with Crippen LogP contribution in [0.25, 0.3) is 0 Å². The quantitative estimate of drug-likeness (QED) is 0.352. The minimum Gasteiger partial charge on any atom is -0.390 e. The van der Waals surface area contributed by atoms with Gasteiger partial charge in [0.25, 0.3) is 0 Å². The van der Waals surface area contributed by atoms with Crippen LogP contribution in [0.4, 0.5) is 0 Å². The fraction of sp³-hybridized carbons (Fsp3) is 1.00. The van der Waals surface area contributed by atoms with Gasteiger partial charge in [-0.25, -0.2) is 0 Å². The molecule has 0 heterocycles. The number of unbranched alkanes of at least 4 members (excludes halogenated alkanes) is 6. The molecule has 0 radical (unpaired) electrons. The molecule has 0 aromatic rings. The Labute approximate surface area is 143 Å². The summed E-state index contributed by atoms with van der Waals surface area (Å²) in [5, 5.41) is 13.6. The van der Waals surface area contributed by atoms with Crippen molar-refractivity contribution < 1.29 is 5.11 Å². The van der Waals surface area contributed by atoms with Crippen molar-refractivity contribution in [2.24, 2.45) is 0 Å². The van der Waals surface area contributed by atoms with E-state index in [9.17, 15) is 5.11 Å². The summed E-state index contributed by atoms with van der Waals surface area (Å²) in [4.78, 5) is 0. The highest BCUT2D eigenvalue weighted by molar-refractivity contribution is 6.21. The summed E-state index contributed by atoms with van der Waals surface area (Å²) in [6.07, 6.45) is 10.5. The van der Waals surface area contributed by atoms with Crippen LogP contribution >= 0.6 is 24.0 Å². The summed E-state index contributed by atoms with van der Waals surface area (Å²) in [6, 6.07) is 0. The van der Waals surface area contributed by atoms with Gasteiger partial charge in [-0.1, -0.05) is 58.8 Å². The molecule has 21 heavy (non-hydrogen) atoms. The first-order valence-electron chi connectivity index (χ1n) is 8.52. The second kappa shape index (κ2) is 14.1. The zero-order valence-electron chi connectivity index (χ0n) is 14.5. The standard InChI is InChI=1S/C17H36ClNO.ClH/c1-5-7-8-9-10-11-12-13-15(18)16(20)17(3,4)19-14-6-2;/h15-16,19-20H,5-14H2,1-4H3;1H. The van der Waals surface area contributed by atoms with E-state index in [4.69, 9.17) is 11.6 Å². The Bertz CT molecular complexity index is 225. The van der Waals surface area contributed by atoms with E-state index >= 15 is 0 Å². The van der Waals surface area contributed by atoms with Crippen molar-refractivity contribution in [3.8, 4) is 0 Å². The van der Waals surface area contributed by atoms with Crippen molar-refractivity contribution in [3.63, 3.8) is 0 Å². The van der Waals surface area contributed by atoms with E-state index in [1.165, 1.54) is 38.5 Å². The van der Waals surface area contributed by atoms with Gasteiger partial charge in [0.15, 0.2) is 0 Å². The second-order valence-electron chi connectivity index (χ2n) is 6.52. The Morgan fingerprint density at radius 3 is 2.00 bits per heavy atom. The van der Waals surface area contributed by atoms with Gasteiger partial charge in [0, 0.05) is 5.54 Å². The third-order valence-corrected chi connectivity index (χ3v) is 4.45. The molecule has 2 nitrogen and oxygen atoms in total. The first-order valence-corrected chi connectivity index (χ1v) is 8.96. The molecular weight excluding hydrogens is 305 g/mol. The summed E-state index contributed by atoms with van der Waals surface area (Å²) >= 11 is 6.37. The van der Waals surface area contributed by atoms with Crippen molar-refractivity contribution in [1.29, 1.82) is 0 Å². The molecule has 0 rings (SSSR count). The van der Waals surface area contributed by atoms with Crippen LogP contribution < -0.4 is 5.32 Å². The number of hydrogen-bond acceptors (Lipinski definition) is 2. The zero-order chi connectivity index (χ0) is 15.4. The van der Waals surface area contributed by atoms with Crippen LogP contribution in [0.2, 0.25) is 0 Å². The summed E-state index contributed by atoms with van der Waals surface area (Å²) in [5.74, 6) is 0. The summed E-state index contributed by atoms with van der Waals surface area (Å²) in [6.45, 7) is 9.37. The van der Waals surface area contributed by atoms with Crippen molar-refractivity contribution in [2.45, 2.75) is 103 Å². The topological polar surface area (TPSA) is 32.3 Å². The van der Waals surface area contributed by atoms with Crippen molar-refractivity contribution in [2.75, 3.05) is 6.54 Å². The Morgan fingerprint density at radius 1 is 0.952 bits per heavy atom. The smallest absolute Gasteiger partial charge is 0.0879 e. The lowest BCUT2D eigenvalue weighted by molar-refractivity contribution is 0.0739. The van der Waals surface area contributed by atoms with Gasteiger partial charge in [-0.3, -0.25) is 0 Å². The number of hydrogen-bond donors (Lipinski definition) is 2. The Kier molecular flexibility index (Phi) is 16.0. The van der Waals surface area contributed by atoms with Gasteiger partial charge in [-0.15, -0.1) is 24.0 Å². The van der Waals surface area contributed by atoms with Crippen LogP contribution in [-0.2, 0) is 0 Å². The van der Waals surface area contributed by atoms with E-state index in [0.717, 1.165) is 25.8 Å². The van der Waals surface area contributed by atoms with Crippen LogP contribution in [0.5, 0.6) is 0 Å². The maximum absolute atomic E-state index is 10.4. The third kappa shape index (κ3) is 11.7. The third-order valence-electron chi connectivity index (χ3n) is 4.00. The van der Waals surface area contributed by atoms with Gasteiger partial charge >= 0.3 is 0 Å². The molecule has 0 aromatic carbocycles. The molecule has 0 aromatic heterocycles. The summed E-state index contributed by atoms with van der Waals surface area (Å²) in [7, 11) is 0. The molecule has 0 aliphatic carbocycles. The number of aliphatic hydroxyl groups is 1. The van der Waals surface area contributed by atoms with Gasteiger partial charge < -0.3 is 10.4 Å². The number of rotatable bonds is 13. The van der Waals surface area contributed by atoms with E-state index < -0.39 is 6.10 Å². The molecule has 0 bridgehead atoms. The summed E-state index contributed by atoms with van der Waals surface area (Å²) in [5.41, 5.74) is -0.302. The minimum atomic E-state index is -0.490. The largest absolute Gasteiger partial charge is 0.390 e. The molecule has 2 N–H and O–H groups in total. The van der Waals surface area contributed by atoms with Crippen molar-refractivity contribution in [3.05, 3.63) is 0 Å². The monoisotopic (exact) mass is 341 g/mol. The molecule has 4 heteroatoms. The molecule has 0 spiro atoms. The van der Waals surface area contributed by atoms with E-state index in [1.54, 1.807) is 0 Å². The van der Waals surface area contributed by atoms with Crippen LogP contribution in [0.15, 0.2) is 0 Å². The second-order valence-corrected chi connectivity index (χ2v) is 7.08. The zero-order valence-corrected chi connectivity index (χ0v) is 16.0. The SMILES string of the molecule is CCCCCCCCCC(Cl)C(O)C(C)(C)NCCC.Cl. The molecule has 0 amide bonds. The highest BCUT2D eigenvalue weighted by atomic mass is 35.5. The highest BCUT2D eigenvalue weighted by Crippen LogP contribution is 2.22. The van der Waals surface area contributed by atoms with Crippen LogP contribution in [0.3, 0.4) is 0 Å². The van der Waals surface area contributed by atoms with Crippen LogP contribution in [0, 0.1) is 0 Å². The Hall–Kier alpha value is 0.500. The van der Waals surface area contributed by atoms with Gasteiger partial charge in [0.2, 0.25) is 0 Å². The summed E-state index contributed by atoms with van der Waals surface area (Å²) < 4.78 is 0. The lowest BCUT2D eigenvalue weighted by Gasteiger charge is -2.34. The molecular formula is C17H37Cl2NO. The Morgan fingerprint density at radius 2 is 1.48 bits per heavy atom. The fourth-order valence-corrected chi connectivity index (χ4v) is 2.93. The molecule has 0 saturated heterocycles. The molecule has 0 aliphatic rings. The fourth-order valence-electron chi connectivity index (χ4n) is 2.46. The average molecular weight is 342 g/mol. The van der Waals surface area contributed by atoms with Crippen LogP contribution in [-0.4, -0.2) is 28.7 Å². The molecule has 0 fully saturated rings. The highest BCUT2D eigenvalue weighted by Gasteiger charge is 2.32. The average Bonchev–Trinajstić information content (AvgIpc) is 2.43. The van der Waals surface area contributed by atoms with Crippen molar-refractivity contribution >= 4 is 24.0 Å². The van der Waals surface area contributed by atoms with E-state index in [1.807, 2.05) is 13.8 Å². The molecule has 2 atom stereocenters. The van der Waals surface area contributed by atoms with Crippen molar-refractivity contribution in [1.82, 2.24) is 5.32 Å². The van der Waals surface area contributed by atoms with Gasteiger partial charge in [0.05, 0.1) is 11.5 Å². The molecule has 0 aliphatic heterocycles. The van der Waals surface area contributed by atoms with Gasteiger partial charge in [-0.2, -0.15) is 0 Å². The first-order chi connectivity index (χ1) is 9.45. The maximum atomic E-state index is 10.4. The lowest BCUT2D eigenvalue weighted by Crippen LogP contribution is -2.53. The predicted octanol–water partition coefficient (Wildman–Crippen LogP) is 5.30. The lowest BCUT2D eigenvalue weighted by atomic mass is 9.92. The number of alkyl halides is 1. The normalized spacial score (nSPS) is 14.6. The molecule has 130 valence electrons. The van der Waals surface area contributed by atoms with Gasteiger partial charge in [0.1, 0.15) is 0 Å². The number of nitrogens with one attached hydrogen (secondary N) is 1. The number of aliphatic hydroxyl groups excluding tert-OH is 1. The van der Waals surface area contributed by atoms with Crippen LogP contribution in [0.1, 0.15) is 85.5 Å². The molecule has 0 saturated carbocycles. The molecule has 2 unspecified atom stereocenters. The Balaban J connectivity index is 0. The predicted molar refractivity (Wildman–Crippen MR) is 97.9 cm³/mol.